The molecular weight excluding hydrogens is 254 g/mol. The SMILES string of the molecule is c1ccc2c(c1)CNC(c1nc(C3CCOC3)no1)C2. The van der Waals surface area contributed by atoms with Crippen molar-refractivity contribution in [1.82, 2.24) is 15.5 Å². The van der Waals surface area contributed by atoms with E-state index in [0.717, 1.165) is 31.8 Å². The molecule has 2 atom stereocenters. The highest BCUT2D eigenvalue weighted by Gasteiger charge is 2.27. The number of nitrogens with one attached hydrogen (secondary N) is 1. The third-order valence-corrected chi connectivity index (χ3v) is 4.13. The average Bonchev–Trinajstić information content (AvgIpc) is 3.17. The minimum atomic E-state index is 0.119. The first kappa shape index (κ1) is 12.1. The lowest BCUT2D eigenvalue weighted by Gasteiger charge is -2.23. The van der Waals surface area contributed by atoms with Crippen LogP contribution in [0.25, 0.3) is 0 Å². The molecule has 0 bridgehead atoms. The Bertz CT molecular complexity index is 605. The molecule has 1 aromatic carbocycles. The zero-order valence-corrected chi connectivity index (χ0v) is 11.2. The molecule has 20 heavy (non-hydrogen) atoms. The van der Waals surface area contributed by atoms with Crippen LogP contribution in [-0.4, -0.2) is 23.4 Å². The molecule has 3 heterocycles. The van der Waals surface area contributed by atoms with Gasteiger partial charge in [0.1, 0.15) is 0 Å². The van der Waals surface area contributed by atoms with Gasteiger partial charge in [0.15, 0.2) is 5.82 Å². The number of fused-ring (bicyclic) bond motifs is 1. The highest BCUT2D eigenvalue weighted by atomic mass is 16.5. The zero-order chi connectivity index (χ0) is 13.4. The summed E-state index contributed by atoms with van der Waals surface area (Å²) in [4.78, 5) is 4.57. The molecule has 5 nitrogen and oxygen atoms in total. The maximum atomic E-state index is 5.45. The summed E-state index contributed by atoms with van der Waals surface area (Å²) in [5, 5.41) is 7.59. The van der Waals surface area contributed by atoms with Gasteiger partial charge in [-0.2, -0.15) is 4.98 Å². The Balaban J connectivity index is 1.54. The van der Waals surface area contributed by atoms with Crippen LogP contribution in [0, 0.1) is 0 Å². The number of aromatic nitrogens is 2. The van der Waals surface area contributed by atoms with Gasteiger partial charge in [-0.3, -0.25) is 0 Å². The predicted octanol–water partition coefficient (Wildman–Crippen LogP) is 1.96. The van der Waals surface area contributed by atoms with Crippen LogP contribution < -0.4 is 5.32 Å². The summed E-state index contributed by atoms with van der Waals surface area (Å²) in [6.07, 6.45) is 1.89. The number of ether oxygens (including phenoxy) is 1. The molecule has 0 radical (unpaired) electrons. The summed E-state index contributed by atoms with van der Waals surface area (Å²) in [6, 6.07) is 8.61. The first-order valence-corrected chi connectivity index (χ1v) is 7.11. The van der Waals surface area contributed by atoms with E-state index in [9.17, 15) is 0 Å². The number of hydrogen-bond acceptors (Lipinski definition) is 5. The van der Waals surface area contributed by atoms with Crippen molar-refractivity contribution in [3.05, 3.63) is 47.1 Å². The lowest BCUT2D eigenvalue weighted by Crippen LogP contribution is -2.28. The first-order valence-electron chi connectivity index (χ1n) is 7.11. The second-order valence-electron chi connectivity index (χ2n) is 5.46. The fraction of sp³-hybridized carbons (Fsp3) is 0.467. The van der Waals surface area contributed by atoms with Crippen molar-refractivity contribution in [2.24, 2.45) is 0 Å². The smallest absolute Gasteiger partial charge is 0.244 e. The van der Waals surface area contributed by atoms with Gasteiger partial charge in [0, 0.05) is 19.1 Å². The Labute approximate surface area is 117 Å². The van der Waals surface area contributed by atoms with Crippen LogP contribution >= 0.6 is 0 Å². The van der Waals surface area contributed by atoms with Gasteiger partial charge in [-0.05, 0) is 24.0 Å². The van der Waals surface area contributed by atoms with Gasteiger partial charge >= 0.3 is 0 Å². The van der Waals surface area contributed by atoms with Crippen LogP contribution in [-0.2, 0) is 17.7 Å². The number of nitrogens with zero attached hydrogens (tertiary/aromatic N) is 2. The molecule has 0 amide bonds. The average molecular weight is 271 g/mol. The Morgan fingerprint density at radius 3 is 2.95 bits per heavy atom. The van der Waals surface area contributed by atoms with Crippen LogP contribution in [0.4, 0.5) is 0 Å². The Hall–Kier alpha value is -1.72. The zero-order valence-electron chi connectivity index (χ0n) is 11.2. The van der Waals surface area contributed by atoms with Crippen LogP contribution in [0.15, 0.2) is 28.8 Å². The van der Waals surface area contributed by atoms with Gasteiger partial charge in [-0.15, -0.1) is 0 Å². The summed E-state index contributed by atoms with van der Waals surface area (Å²) in [5.41, 5.74) is 2.72. The molecule has 1 N–H and O–H groups in total. The van der Waals surface area contributed by atoms with Crippen molar-refractivity contribution >= 4 is 0 Å². The first-order chi connectivity index (χ1) is 9.90. The van der Waals surface area contributed by atoms with Crippen molar-refractivity contribution in [2.75, 3.05) is 13.2 Å². The molecule has 2 unspecified atom stereocenters. The fourth-order valence-corrected chi connectivity index (χ4v) is 2.92. The molecule has 1 aromatic heterocycles. The van der Waals surface area contributed by atoms with E-state index in [-0.39, 0.29) is 6.04 Å². The number of hydrogen-bond donors (Lipinski definition) is 1. The van der Waals surface area contributed by atoms with Crippen molar-refractivity contribution in [1.29, 1.82) is 0 Å². The third-order valence-electron chi connectivity index (χ3n) is 4.13. The van der Waals surface area contributed by atoms with Crippen LogP contribution in [0.2, 0.25) is 0 Å². The Morgan fingerprint density at radius 2 is 2.10 bits per heavy atom. The summed E-state index contributed by atoms with van der Waals surface area (Å²) in [7, 11) is 0. The maximum Gasteiger partial charge on any atom is 0.244 e. The van der Waals surface area contributed by atoms with E-state index in [0.29, 0.717) is 18.4 Å². The van der Waals surface area contributed by atoms with E-state index in [4.69, 9.17) is 9.26 Å². The monoisotopic (exact) mass is 271 g/mol. The largest absolute Gasteiger partial charge is 0.381 e. The Kier molecular flexibility index (Phi) is 3.01. The predicted molar refractivity (Wildman–Crippen MR) is 72.2 cm³/mol. The molecule has 5 heteroatoms. The van der Waals surface area contributed by atoms with Crippen LogP contribution in [0.1, 0.15) is 41.2 Å². The van der Waals surface area contributed by atoms with E-state index < -0.39 is 0 Å². The summed E-state index contributed by atoms with van der Waals surface area (Å²) in [6.45, 7) is 2.36. The second kappa shape index (κ2) is 5.00. The summed E-state index contributed by atoms with van der Waals surface area (Å²) < 4.78 is 10.8. The molecule has 0 saturated carbocycles. The molecule has 1 saturated heterocycles. The van der Waals surface area contributed by atoms with E-state index in [1.54, 1.807) is 0 Å². The molecule has 104 valence electrons. The van der Waals surface area contributed by atoms with Gasteiger partial charge in [-0.25, -0.2) is 0 Å². The minimum absolute atomic E-state index is 0.119. The van der Waals surface area contributed by atoms with Gasteiger partial charge in [-0.1, -0.05) is 29.4 Å². The maximum absolute atomic E-state index is 5.45. The molecule has 0 spiro atoms. The fourth-order valence-electron chi connectivity index (χ4n) is 2.92. The van der Waals surface area contributed by atoms with Gasteiger partial charge in [0.25, 0.3) is 0 Å². The Morgan fingerprint density at radius 1 is 1.20 bits per heavy atom. The third kappa shape index (κ3) is 2.13. The normalized spacial score (nSPS) is 25.6. The number of rotatable bonds is 2. The van der Waals surface area contributed by atoms with E-state index in [2.05, 4.69) is 39.7 Å². The second-order valence-corrected chi connectivity index (χ2v) is 5.46. The molecule has 1 fully saturated rings. The molecule has 4 rings (SSSR count). The quantitative estimate of drug-likeness (QED) is 0.904. The highest BCUT2D eigenvalue weighted by Crippen LogP contribution is 2.27. The van der Waals surface area contributed by atoms with Gasteiger partial charge in [0.05, 0.1) is 12.6 Å². The lowest BCUT2D eigenvalue weighted by atomic mass is 9.96. The summed E-state index contributed by atoms with van der Waals surface area (Å²) >= 11 is 0. The minimum Gasteiger partial charge on any atom is -0.381 e. The van der Waals surface area contributed by atoms with E-state index in [1.165, 1.54) is 11.1 Å². The standard InChI is InChI=1S/C15H17N3O2/c1-2-4-11-8-16-13(7-10(11)3-1)15-17-14(18-20-15)12-5-6-19-9-12/h1-4,12-13,16H,5-9H2. The highest BCUT2D eigenvalue weighted by molar-refractivity contribution is 5.30. The molecule has 2 aliphatic heterocycles. The van der Waals surface area contributed by atoms with Crippen LogP contribution in [0.3, 0.4) is 0 Å². The van der Waals surface area contributed by atoms with Crippen molar-refractivity contribution < 1.29 is 9.26 Å². The van der Waals surface area contributed by atoms with Gasteiger partial charge in [0.2, 0.25) is 5.89 Å². The molecule has 2 aliphatic rings. The lowest BCUT2D eigenvalue weighted by molar-refractivity contribution is 0.192. The topological polar surface area (TPSA) is 60.2 Å². The molecule has 2 aromatic rings. The van der Waals surface area contributed by atoms with E-state index >= 15 is 0 Å². The number of benzene rings is 1. The van der Waals surface area contributed by atoms with Crippen molar-refractivity contribution in [3.8, 4) is 0 Å². The van der Waals surface area contributed by atoms with Gasteiger partial charge < -0.3 is 14.6 Å². The van der Waals surface area contributed by atoms with E-state index in [1.807, 2.05) is 0 Å². The molecule has 0 aliphatic carbocycles. The van der Waals surface area contributed by atoms with Crippen molar-refractivity contribution in [2.45, 2.75) is 31.3 Å². The van der Waals surface area contributed by atoms with Crippen molar-refractivity contribution in [3.63, 3.8) is 0 Å². The summed E-state index contributed by atoms with van der Waals surface area (Å²) in [5.74, 6) is 1.78. The molecular formula is C15H17N3O2. The van der Waals surface area contributed by atoms with Crippen LogP contribution in [0.5, 0.6) is 0 Å².